The van der Waals surface area contributed by atoms with Gasteiger partial charge in [0.15, 0.2) is 0 Å². The third kappa shape index (κ3) is 8.70. The van der Waals surface area contributed by atoms with Gasteiger partial charge in [0.2, 0.25) is 0 Å². The molecule has 3 rings (SSSR count). The molecule has 35 heavy (non-hydrogen) atoms. The van der Waals surface area contributed by atoms with E-state index in [4.69, 9.17) is 4.74 Å². The van der Waals surface area contributed by atoms with E-state index < -0.39 is 36.0 Å². The van der Waals surface area contributed by atoms with E-state index in [0.717, 1.165) is 19.5 Å². The van der Waals surface area contributed by atoms with E-state index >= 15 is 0 Å². The van der Waals surface area contributed by atoms with Gasteiger partial charge in [-0.15, -0.1) is 0 Å². The van der Waals surface area contributed by atoms with E-state index in [0.29, 0.717) is 11.1 Å². The zero-order chi connectivity index (χ0) is 26.0. The molecule has 0 N–H and O–H groups in total. The van der Waals surface area contributed by atoms with Crippen LogP contribution in [0.5, 0.6) is 11.5 Å². The van der Waals surface area contributed by atoms with E-state index in [1.54, 1.807) is 18.2 Å². The van der Waals surface area contributed by atoms with Crippen molar-refractivity contribution in [3.8, 4) is 11.5 Å². The van der Waals surface area contributed by atoms with E-state index in [-0.39, 0.29) is 11.5 Å². The number of esters is 2. The van der Waals surface area contributed by atoms with Crippen molar-refractivity contribution in [2.45, 2.75) is 30.5 Å². The molecule has 2 aromatic carbocycles. The van der Waals surface area contributed by atoms with E-state index in [1.807, 2.05) is 4.90 Å². The normalized spacial score (nSPS) is 14.8. The number of hydrogen-bond donors (Lipinski definition) is 0. The summed E-state index contributed by atoms with van der Waals surface area (Å²) in [6, 6.07) is 11.5. The molecule has 0 radical (unpaired) electrons. The predicted octanol–water partition coefficient (Wildman–Crippen LogP) is 5.10. The molecule has 0 saturated carbocycles. The SMILES string of the molecule is COC(=O)C(Br)c1cccc(OC(F)F)c1.COC(=O)C(c1cccc(OC(F)F)c1)N1CCC1. The first-order valence-electron chi connectivity index (χ1n) is 10.3. The highest BCUT2D eigenvalue weighted by atomic mass is 79.9. The van der Waals surface area contributed by atoms with Crippen LogP contribution in [0.2, 0.25) is 0 Å². The molecule has 192 valence electrons. The molecular weight excluding hydrogens is 542 g/mol. The lowest BCUT2D eigenvalue weighted by Gasteiger charge is -2.36. The van der Waals surface area contributed by atoms with Gasteiger partial charge in [-0.1, -0.05) is 40.2 Å². The first kappa shape index (κ1) is 28.4. The molecule has 7 nitrogen and oxygen atoms in total. The molecule has 1 saturated heterocycles. The maximum absolute atomic E-state index is 12.2. The number of alkyl halides is 5. The lowest BCUT2D eigenvalue weighted by molar-refractivity contribution is -0.149. The van der Waals surface area contributed by atoms with Crippen LogP contribution in [0.4, 0.5) is 17.6 Å². The summed E-state index contributed by atoms with van der Waals surface area (Å²) in [5.41, 5.74) is 1.09. The van der Waals surface area contributed by atoms with E-state index in [1.165, 1.54) is 44.6 Å². The molecule has 1 aliphatic heterocycles. The summed E-state index contributed by atoms with van der Waals surface area (Å²) in [6.07, 6.45) is 1.01. The lowest BCUT2D eigenvalue weighted by atomic mass is 10.0. The maximum atomic E-state index is 12.2. The van der Waals surface area contributed by atoms with Gasteiger partial charge in [-0.2, -0.15) is 17.6 Å². The number of nitrogens with zero attached hydrogens (tertiary/aromatic N) is 1. The average molecular weight is 566 g/mol. The number of ether oxygens (including phenoxy) is 4. The van der Waals surface area contributed by atoms with Crippen LogP contribution in [0.15, 0.2) is 48.5 Å². The first-order valence-corrected chi connectivity index (χ1v) is 11.2. The molecule has 0 bridgehead atoms. The average Bonchev–Trinajstić information content (AvgIpc) is 2.79. The fourth-order valence-electron chi connectivity index (χ4n) is 3.16. The number of benzene rings is 2. The molecule has 0 aliphatic carbocycles. The van der Waals surface area contributed by atoms with Gasteiger partial charge < -0.3 is 18.9 Å². The number of likely N-dealkylation sites (tertiary alicyclic amines) is 1. The standard InChI is InChI=1S/C13H15F2NO3.C10H9BrF2O3/c1-18-12(17)11(16-6-3-7-16)9-4-2-5-10(8-9)19-13(14)15;1-15-9(14)8(11)6-3-2-4-7(5-6)16-10(12)13/h2,4-5,8,11,13H,3,6-7H2,1H3;2-5,8,10H,1H3. The summed E-state index contributed by atoms with van der Waals surface area (Å²) in [5, 5.41) is 0. The third-order valence-electron chi connectivity index (χ3n) is 4.86. The summed E-state index contributed by atoms with van der Waals surface area (Å²) in [5.74, 6) is -0.856. The highest BCUT2D eigenvalue weighted by molar-refractivity contribution is 9.09. The topological polar surface area (TPSA) is 74.3 Å². The molecule has 1 aliphatic rings. The number of carbonyl (C=O) groups is 2. The van der Waals surface area contributed by atoms with Crippen molar-refractivity contribution in [3.63, 3.8) is 0 Å². The van der Waals surface area contributed by atoms with Gasteiger partial charge >= 0.3 is 25.2 Å². The van der Waals surface area contributed by atoms with Crippen molar-refractivity contribution in [2.75, 3.05) is 27.3 Å². The summed E-state index contributed by atoms with van der Waals surface area (Å²) in [6.45, 7) is -4.18. The second-order valence-electron chi connectivity index (χ2n) is 7.10. The van der Waals surface area contributed by atoms with Crippen molar-refractivity contribution < 1.29 is 46.1 Å². The highest BCUT2D eigenvalue weighted by Gasteiger charge is 2.32. The van der Waals surface area contributed by atoms with E-state index in [9.17, 15) is 27.2 Å². The van der Waals surface area contributed by atoms with Crippen LogP contribution in [-0.4, -0.2) is 57.4 Å². The van der Waals surface area contributed by atoms with Crippen molar-refractivity contribution in [1.29, 1.82) is 0 Å². The van der Waals surface area contributed by atoms with Crippen LogP contribution in [0.25, 0.3) is 0 Å². The van der Waals surface area contributed by atoms with Crippen molar-refractivity contribution in [3.05, 3.63) is 59.7 Å². The highest BCUT2D eigenvalue weighted by Crippen LogP contribution is 2.30. The Kier molecular flexibility index (Phi) is 11.3. The van der Waals surface area contributed by atoms with Crippen molar-refractivity contribution >= 4 is 27.9 Å². The molecule has 0 aromatic heterocycles. The minimum Gasteiger partial charge on any atom is -0.468 e. The Hall–Kier alpha value is -2.86. The van der Waals surface area contributed by atoms with Gasteiger partial charge in [0, 0.05) is 13.1 Å². The molecule has 0 amide bonds. The van der Waals surface area contributed by atoms with E-state index in [2.05, 4.69) is 30.1 Å². The smallest absolute Gasteiger partial charge is 0.387 e. The number of methoxy groups -OCH3 is 2. The van der Waals surface area contributed by atoms with Crippen LogP contribution in [-0.2, 0) is 19.1 Å². The Balaban J connectivity index is 0.000000251. The molecular formula is C23H24BrF4NO6. The number of hydrogen-bond acceptors (Lipinski definition) is 7. The number of halogens is 5. The molecule has 1 heterocycles. The molecule has 1 fully saturated rings. The fraction of sp³-hybridized carbons (Fsp3) is 0.391. The second-order valence-corrected chi connectivity index (χ2v) is 8.02. The summed E-state index contributed by atoms with van der Waals surface area (Å²) < 4.78 is 66.1. The lowest BCUT2D eigenvalue weighted by Crippen LogP contribution is -2.43. The fourth-order valence-corrected chi connectivity index (χ4v) is 3.63. The number of rotatable bonds is 9. The summed E-state index contributed by atoms with van der Waals surface area (Å²) in [7, 11) is 2.56. The van der Waals surface area contributed by atoms with Crippen LogP contribution in [0.3, 0.4) is 0 Å². The van der Waals surface area contributed by atoms with Gasteiger partial charge in [-0.25, -0.2) is 4.79 Å². The molecule has 12 heteroatoms. The quantitative estimate of drug-likeness (QED) is 0.238. The zero-order valence-electron chi connectivity index (χ0n) is 18.8. The van der Waals surface area contributed by atoms with Gasteiger partial charge in [0.25, 0.3) is 0 Å². The molecule has 2 atom stereocenters. The van der Waals surface area contributed by atoms with Crippen LogP contribution >= 0.6 is 15.9 Å². The van der Waals surface area contributed by atoms with Gasteiger partial charge in [0.1, 0.15) is 22.4 Å². The van der Waals surface area contributed by atoms with Crippen molar-refractivity contribution in [1.82, 2.24) is 4.90 Å². The van der Waals surface area contributed by atoms with Gasteiger partial charge in [-0.3, -0.25) is 9.69 Å². The minimum atomic E-state index is -2.89. The second kappa shape index (κ2) is 13.9. The molecule has 2 aromatic rings. The third-order valence-corrected chi connectivity index (χ3v) is 5.77. The Morgan fingerprint density at radius 1 is 0.829 bits per heavy atom. The first-order chi connectivity index (χ1) is 16.7. The maximum Gasteiger partial charge on any atom is 0.387 e. The Morgan fingerprint density at radius 3 is 1.74 bits per heavy atom. The number of carbonyl (C=O) groups excluding carboxylic acids is 2. The monoisotopic (exact) mass is 565 g/mol. The predicted molar refractivity (Wildman–Crippen MR) is 121 cm³/mol. The summed E-state index contributed by atoms with van der Waals surface area (Å²) >= 11 is 3.09. The Bertz CT molecular complexity index is 977. The molecule has 2 unspecified atom stereocenters. The largest absolute Gasteiger partial charge is 0.468 e. The van der Waals surface area contributed by atoms with Crippen molar-refractivity contribution in [2.24, 2.45) is 0 Å². The minimum absolute atomic E-state index is 0.000790. The van der Waals surface area contributed by atoms with Crippen LogP contribution < -0.4 is 9.47 Å². The Morgan fingerprint density at radius 2 is 1.31 bits per heavy atom. The Labute approximate surface area is 208 Å². The van der Waals surface area contributed by atoms with Crippen LogP contribution in [0, 0.1) is 0 Å². The zero-order valence-corrected chi connectivity index (χ0v) is 20.4. The van der Waals surface area contributed by atoms with Gasteiger partial charge in [-0.05, 0) is 41.8 Å². The van der Waals surface area contributed by atoms with Crippen LogP contribution in [0.1, 0.15) is 28.4 Å². The van der Waals surface area contributed by atoms with Gasteiger partial charge in [0.05, 0.1) is 14.2 Å². The molecule has 0 spiro atoms. The summed E-state index contributed by atoms with van der Waals surface area (Å²) in [4.78, 5) is 24.3.